The Kier molecular flexibility index (Phi) is 6.25. The molecule has 22 heavy (non-hydrogen) atoms. The van der Waals surface area contributed by atoms with Crippen LogP contribution >= 0.6 is 0 Å². The quantitative estimate of drug-likeness (QED) is 0.460. The summed E-state index contributed by atoms with van der Waals surface area (Å²) in [5.41, 5.74) is 8.28. The topological polar surface area (TPSA) is 70.7 Å². The Hall–Kier alpha value is -2.04. The minimum Gasteiger partial charge on any atom is -0.370 e. The number of guanidine groups is 1. The number of unbranched alkanes of at least 4 members (excludes halogenated alkanes) is 1. The second kappa shape index (κ2) is 8.41. The molecule has 1 aromatic rings. The van der Waals surface area contributed by atoms with Gasteiger partial charge in [-0.3, -0.25) is 9.79 Å². The van der Waals surface area contributed by atoms with Crippen LogP contribution in [0, 0.1) is 0 Å². The van der Waals surface area contributed by atoms with E-state index in [2.05, 4.69) is 29.4 Å². The van der Waals surface area contributed by atoms with Crippen LogP contribution in [0.2, 0.25) is 0 Å². The maximum Gasteiger partial charge on any atom is 0.223 e. The molecule has 1 amide bonds. The van der Waals surface area contributed by atoms with E-state index in [0.29, 0.717) is 18.9 Å². The molecule has 0 aromatic heterocycles. The minimum absolute atomic E-state index is 0.198. The van der Waals surface area contributed by atoms with Gasteiger partial charge in [-0.25, -0.2) is 0 Å². The maximum atomic E-state index is 12.2. The SMILES string of the molecule is CCCCNC(N)=NCCCC(=O)N1Cc2ccccc2C1. The van der Waals surface area contributed by atoms with E-state index in [1.54, 1.807) is 0 Å². The first-order valence-corrected chi connectivity index (χ1v) is 8.09. The summed E-state index contributed by atoms with van der Waals surface area (Å²) in [5, 5.41) is 3.07. The van der Waals surface area contributed by atoms with Crippen LogP contribution in [0.5, 0.6) is 0 Å². The minimum atomic E-state index is 0.198. The van der Waals surface area contributed by atoms with E-state index >= 15 is 0 Å². The summed E-state index contributed by atoms with van der Waals surface area (Å²) in [6.07, 6.45) is 3.48. The monoisotopic (exact) mass is 302 g/mol. The van der Waals surface area contributed by atoms with Crippen LogP contribution in [-0.4, -0.2) is 29.9 Å². The molecular weight excluding hydrogens is 276 g/mol. The van der Waals surface area contributed by atoms with Crippen molar-refractivity contribution < 1.29 is 4.79 Å². The van der Waals surface area contributed by atoms with Gasteiger partial charge in [0.1, 0.15) is 0 Å². The van der Waals surface area contributed by atoms with Gasteiger partial charge in [0.2, 0.25) is 5.91 Å². The molecule has 3 N–H and O–H groups in total. The van der Waals surface area contributed by atoms with E-state index in [-0.39, 0.29) is 5.91 Å². The van der Waals surface area contributed by atoms with Crippen LogP contribution < -0.4 is 11.1 Å². The summed E-state index contributed by atoms with van der Waals surface area (Å²) in [6, 6.07) is 8.23. The summed E-state index contributed by atoms with van der Waals surface area (Å²) in [7, 11) is 0. The predicted octanol–water partition coefficient (Wildman–Crippen LogP) is 2.01. The zero-order valence-electron chi connectivity index (χ0n) is 13.3. The van der Waals surface area contributed by atoms with Crippen molar-refractivity contribution in [2.75, 3.05) is 13.1 Å². The molecule has 0 unspecified atom stereocenters. The van der Waals surface area contributed by atoms with Crippen LogP contribution in [0.4, 0.5) is 0 Å². The van der Waals surface area contributed by atoms with Crippen LogP contribution in [0.1, 0.15) is 43.7 Å². The number of nitrogens with one attached hydrogen (secondary N) is 1. The van der Waals surface area contributed by atoms with E-state index < -0.39 is 0 Å². The fourth-order valence-electron chi connectivity index (χ4n) is 2.55. The van der Waals surface area contributed by atoms with Gasteiger partial charge in [0.15, 0.2) is 5.96 Å². The molecule has 1 aliphatic rings. The first-order chi connectivity index (χ1) is 10.7. The number of carbonyl (C=O) groups is 1. The van der Waals surface area contributed by atoms with E-state index in [1.807, 2.05) is 17.0 Å². The zero-order valence-corrected chi connectivity index (χ0v) is 13.3. The van der Waals surface area contributed by atoms with Crippen molar-refractivity contribution in [2.24, 2.45) is 10.7 Å². The smallest absolute Gasteiger partial charge is 0.223 e. The number of benzene rings is 1. The molecule has 2 rings (SSSR count). The normalized spacial score (nSPS) is 14.0. The lowest BCUT2D eigenvalue weighted by Gasteiger charge is -2.14. The Morgan fingerprint density at radius 3 is 2.59 bits per heavy atom. The first-order valence-electron chi connectivity index (χ1n) is 8.09. The Bertz CT molecular complexity index is 502. The van der Waals surface area contributed by atoms with Crippen molar-refractivity contribution >= 4 is 11.9 Å². The van der Waals surface area contributed by atoms with Crippen molar-refractivity contribution in [1.82, 2.24) is 10.2 Å². The summed E-state index contributed by atoms with van der Waals surface area (Å²) in [4.78, 5) is 18.4. The zero-order chi connectivity index (χ0) is 15.8. The Morgan fingerprint density at radius 1 is 1.27 bits per heavy atom. The third-order valence-electron chi connectivity index (χ3n) is 3.86. The molecule has 0 bridgehead atoms. The highest BCUT2D eigenvalue weighted by Gasteiger charge is 2.21. The molecule has 1 aliphatic heterocycles. The lowest BCUT2D eigenvalue weighted by atomic mass is 10.1. The molecule has 1 aromatic carbocycles. The van der Waals surface area contributed by atoms with Gasteiger partial charge in [-0.2, -0.15) is 0 Å². The van der Waals surface area contributed by atoms with Crippen LogP contribution in [0.15, 0.2) is 29.3 Å². The molecule has 0 fully saturated rings. The lowest BCUT2D eigenvalue weighted by Crippen LogP contribution is -2.32. The van der Waals surface area contributed by atoms with Gasteiger partial charge < -0.3 is 16.0 Å². The van der Waals surface area contributed by atoms with Crippen molar-refractivity contribution in [1.29, 1.82) is 0 Å². The molecular formula is C17H26N4O. The molecule has 5 heteroatoms. The third kappa shape index (κ3) is 4.76. The van der Waals surface area contributed by atoms with E-state index in [9.17, 15) is 4.79 Å². The second-order valence-corrected chi connectivity index (χ2v) is 5.67. The number of nitrogens with zero attached hydrogens (tertiary/aromatic N) is 2. The number of hydrogen-bond donors (Lipinski definition) is 2. The maximum absolute atomic E-state index is 12.2. The summed E-state index contributed by atoms with van der Waals surface area (Å²) < 4.78 is 0. The second-order valence-electron chi connectivity index (χ2n) is 5.67. The van der Waals surface area contributed by atoms with Crippen molar-refractivity contribution in [3.63, 3.8) is 0 Å². The molecule has 5 nitrogen and oxygen atoms in total. The number of carbonyl (C=O) groups excluding carboxylic acids is 1. The molecule has 0 spiro atoms. The van der Waals surface area contributed by atoms with Crippen molar-refractivity contribution in [3.05, 3.63) is 35.4 Å². The lowest BCUT2D eigenvalue weighted by molar-refractivity contribution is -0.131. The van der Waals surface area contributed by atoms with Crippen LogP contribution in [0.3, 0.4) is 0 Å². The number of fused-ring (bicyclic) bond motifs is 1. The largest absolute Gasteiger partial charge is 0.370 e. The van der Waals surface area contributed by atoms with Crippen LogP contribution in [0.25, 0.3) is 0 Å². The summed E-state index contributed by atoms with van der Waals surface area (Å²) >= 11 is 0. The summed E-state index contributed by atoms with van der Waals surface area (Å²) in [5.74, 6) is 0.679. The molecule has 0 atom stereocenters. The van der Waals surface area contributed by atoms with Crippen molar-refractivity contribution in [2.45, 2.75) is 45.7 Å². The highest BCUT2D eigenvalue weighted by Crippen LogP contribution is 2.22. The summed E-state index contributed by atoms with van der Waals surface area (Å²) in [6.45, 7) is 5.06. The van der Waals surface area contributed by atoms with Gasteiger partial charge in [0.05, 0.1) is 0 Å². The molecule has 0 saturated carbocycles. The molecule has 0 radical (unpaired) electrons. The fourth-order valence-corrected chi connectivity index (χ4v) is 2.55. The van der Waals surface area contributed by atoms with Gasteiger partial charge in [-0.1, -0.05) is 37.6 Å². The number of amides is 1. The standard InChI is InChI=1S/C17H26N4O/c1-2-3-10-19-17(18)20-11-6-9-16(22)21-12-14-7-4-5-8-15(14)13-21/h4-5,7-8H,2-3,6,9-13H2,1H3,(H3,18,19,20). The van der Waals surface area contributed by atoms with Gasteiger partial charge in [-0.15, -0.1) is 0 Å². The van der Waals surface area contributed by atoms with E-state index in [0.717, 1.165) is 38.9 Å². The van der Waals surface area contributed by atoms with E-state index in [1.165, 1.54) is 11.1 Å². The Morgan fingerprint density at radius 2 is 1.95 bits per heavy atom. The van der Waals surface area contributed by atoms with Crippen LogP contribution in [-0.2, 0) is 17.9 Å². The Labute approximate surface area is 132 Å². The highest BCUT2D eigenvalue weighted by atomic mass is 16.2. The fraction of sp³-hybridized carbons (Fsp3) is 0.529. The van der Waals surface area contributed by atoms with Gasteiger partial charge in [-0.05, 0) is 24.0 Å². The number of aliphatic imine (C=N–C) groups is 1. The molecule has 120 valence electrons. The highest BCUT2D eigenvalue weighted by molar-refractivity contribution is 5.78. The van der Waals surface area contributed by atoms with E-state index in [4.69, 9.17) is 5.73 Å². The Balaban J connectivity index is 1.66. The van der Waals surface area contributed by atoms with Crippen molar-refractivity contribution in [3.8, 4) is 0 Å². The average Bonchev–Trinajstić information content (AvgIpc) is 2.96. The molecule has 0 aliphatic carbocycles. The van der Waals surface area contributed by atoms with Gasteiger partial charge in [0, 0.05) is 32.6 Å². The molecule has 1 heterocycles. The number of hydrogen-bond acceptors (Lipinski definition) is 2. The number of nitrogens with two attached hydrogens (primary N) is 1. The molecule has 0 saturated heterocycles. The van der Waals surface area contributed by atoms with Gasteiger partial charge >= 0.3 is 0 Å². The average molecular weight is 302 g/mol. The van der Waals surface area contributed by atoms with Gasteiger partial charge in [0.25, 0.3) is 0 Å². The third-order valence-corrected chi connectivity index (χ3v) is 3.86. The predicted molar refractivity (Wildman–Crippen MR) is 89.3 cm³/mol. The first kappa shape index (κ1) is 16.3. The number of rotatable bonds is 7.